The van der Waals surface area contributed by atoms with Crippen molar-refractivity contribution in [3.05, 3.63) is 241 Å². The second-order valence-corrected chi connectivity index (χ2v) is 14.7. The minimum atomic E-state index is -0.483. The fourth-order valence-electron chi connectivity index (χ4n) is 9.00. The van der Waals surface area contributed by atoms with E-state index in [1.165, 1.54) is 55.5 Å². The number of aromatic nitrogens is 2. The van der Waals surface area contributed by atoms with Crippen molar-refractivity contribution in [2.24, 2.45) is 0 Å². The van der Waals surface area contributed by atoms with Crippen LogP contribution in [0.2, 0.25) is 0 Å². The number of nitrogens with zero attached hydrogens (tertiary/aromatic N) is 2. The number of allylic oxidation sites excluding steroid dienone is 5. The van der Waals surface area contributed by atoms with Crippen LogP contribution < -0.4 is 5.32 Å². The molecule has 0 bridgehead atoms. The van der Waals surface area contributed by atoms with Crippen LogP contribution in [0.5, 0.6) is 0 Å². The number of hydrogen-bond acceptors (Lipinski definition) is 1. The molecule has 55 heavy (non-hydrogen) atoms. The minimum Gasteiger partial charge on any atom is -0.361 e. The van der Waals surface area contributed by atoms with E-state index in [1.807, 2.05) is 0 Å². The summed E-state index contributed by atoms with van der Waals surface area (Å²) in [5, 5.41) is 4.17. The van der Waals surface area contributed by atoms with Crippen molar-refractivity contribution in [3.8, 4) is 22.3 Å². The lowest BCUT2D eigenvalue weighted by atomic mass is 9.65. The molecule has 0 saturated heterocycles. The second kappa shape index (κ2) is 13.5. The van der Waals surface area contributed by atoms with Gasteiger partial charge in [0.1, 0.15) is 12.2 Å². The largest absolute Gasteiger partial charge is 0.361 e. The zero-order chi connectivity index (χ0) is 36.8. The van der Waals surface area contributed by atoms with Crippen LogP contribution in [0.15, 0.2) is 213 Å². The van der Waals surface area contributed by atoms with E-state index in [1.54, 1.807) is 0 Å². The maximum atomic E-state index is 4.54. The molecule has 0 spiro atoms. The van der Waals surface area contributed by atoms with Gasteiger partial charge < -0.3 is 5.32 Å². The lowest BCUT2D eigenvalue weighted by Crippen LogP contribution is -2.49. The smallest absolute Gasteiger partial charge is 0.146 e. The van der Waals surface area contributed by atoms with Gasteiger partial charge in [0, 0.05) is 16.7 Å². The number of fused-ring (bicyclic) bond motifs is 5. The molecular formula is C52H41N3. The van der Waals surface area contributed by atoms with Crippen LogP contribution in [0.1, 0.15) is 46.4 Å². The molecule has 2 heterocycles. The Morgan fingerprint density at radius 3 is 1.91 bits per heavy atom. The molecule has 7 aromatic carbocycles. The first-order valence-electron chi connectivity index (χ1n) is 19.2. The first kappa shape index (κ1) is 32.8. The van der Waals surface area contributed by atoms with Gasteiger partial charge in [-0.15, -0.1) is 0 Å². The average molecular weight is 708 g/mol. The summed E-state index contributed by atoms with van der Waals surface area (Å²) in [5.41, 5.74) is 15.1. The Morgan fingerprint density at radius 2 is 1.15 bits per heavy atom. The Bertz CT molecular complexity index is 2710. The molecule has 0 saturated carbocycles. The average Bonchev–Trinajstić information content (AvgIpc) is 3.31. The Labute approximate surface area is 322 Å². The van der Waals surface area contributed by atoms with Gasteiger partial charge in [-0.3, -0.25) is 9.36 Å². The summed E-state index contributed by atoms with van der Waals surface area (Å²) in [6.45, 7) is 4.54. The van der Waals surface area contributed by atoms with E-state index >= 15 is 0 Å². The van der Waals surface area contributed by atoms with Crippen molar-refractivity contribution in [1.29, 1.82) is 0 Å². The van der Waals surface area contributed by atoms with Crippen molar-refractivity contribution < 1.29 is 0 Å². The van der Waals surface area contributed by atoms with Gasteiger partial charge >= 0.3 is 0 Å². The normalized spacial score (nSPS) is 20.0. The summed E-state index contributed by atoms with van der Waals surface area (Å²) in [6, 6.07) is 66.4. The van der Waals surface area contributed by atoms with Crippen LogP contribution in [0.3, 0.4) is 0 Å². The van der Waals surface area contributed by atoms with E-state index in [4.69, 9.17) is 0 Å². The molecule has 2 aliphatic rings. The summed E-state index contributed by atoms with van der Waals surface area (Å²) in [5.74, 6) is 0. The van der Waals surface area contributed by atoms with Gasteiger partial charge in [-0.1, -0.05) is 195 Å². The van der Waals surface area contributed by atoms with E-state index < -0.39 is 5.41 Å². The van der Waals surface area contributed by atoms with Crippen LogP contribution in [-0.2, 0) is 5.41 Å². The van der Waals surface area contributed by atoms with Crippen LogP contribution in [0.4, 0.5) is 5.69 Å². The van der Waals surface area contributed by atoms with Crippen LogP contribution in [0, 0.1) is 0 Å². The van der Waals surface area contributed by atoms with Gasteiger partial charge in [-0.2, -0.15) is 0 Å². The molecule has 0 radical (unpaired) electrons. The molecule has 3 nitrogen and oxygen atoms in total. The van der Waals surface area contributed by atoms with Crippen molar-refractivity contribution in [2.45, 2.75) is 24.0 Å². The van der Waals surface area contributed by atoms with Crippen LogP contribution in [-0.4, -0.2) is 9.36 Å². The summed E-state index contributed by atoms with van der Waals surface area (Å²) in [7, 11) is 0. The van der Waals surface area contributed by atoms with Crippen molar-refractivity contribution in [2.75, 3.05) is 5.32 Å². The van der Waals surface area contributed by atoms with E-state index in [-0.39, 0.29) is 12.2 Å². The first-order chi connectivity index (χ1) is 27.2. The molecule has 1 N–H and O–H groups in total. The molecule has 1 aliphatic heterocycles. The quantitative estimate of drug-likeness (QED) is 0.175. The topological polar surface area (TPSA) is 21.9 Å². The highest BCUT2D eigenvalue weighted by molar-refractivity contribution is 5.84. The molecule has 3 heteroatoms. The van der Waals surface area contributed by atoms with Gasteiger partial charge in [0.15, 0.2) is 0 Å². The van der Waals surface area contributed by atoms with Gasteiger partial charge in [-0.05, 0) is 74.7 Å². The monoisotopic (exact) mass is 707 g/mol. The molecule has 10 rings (SSSR count). The van der Waals surface area contributed by atoms with Crippen LogP contribution >= 0.6 is 0 Å². The minimum absolute atomic E-state index is 0.0132. The standard InChI is InChI=1S/C52H41N3/c1-37-18-6-5-17-35-52(42-23-11-4-12-24-42,46-26-14-13-25-44(37)46)43-33-34-45(40-31-29-39(30-32-40)38-19-7-2-8-20-38)47(36-43)53-51-50(41-21-9-3-10-22-41)54-48-27-15-16-28-49(48)55(51)54/h2-34,36,50-51,53H,1,35H2/b17-5-,18-6-. The van der Waals surface area contributed by atoms with E-state index in [9.17, 15) is 0 Å². The SMILES string of the molecule is C=C1/C=C\C=C/CC(c2ccccc2)(c2ccc(-c3ccc(-c4ccccc4)cc3)c(NC3C(c4ccccc4)n4c5ccccc5n43)c2)c2ccccc21. The molecule has 1 aromatic heterocycles. The number of hydrogen-bond donors (Lipinski definition) is 1. The number of anilines is 1. The Kier molecular flexibility index (Phi) is 8.07. The van der Waals surface area contributed by atoms with Gasteiger partial charge in [-0.25, -0.2) is 0 Å². The highest BCUT2D eigenvalue weighted by Gasteiger charge is 2.43. The Morgan fingerprint density at radius 1 is 0.527 bits per heavy atom. The van der Waals surface area contributed by atoms with E-state index in [2.05, 4.69) is 228 Å². The van der Waals surface area contributed by atoms with Gasteiger partial charge in [0.2, 0.25) is 0 Å². The van der Waals surface area contributed by atoms with E-state index in [0.29, 0.717) is 0 Å². The third-order valence-corrected chi connectivity index (χ3v) is 11.7. The van der Waals surface area contributed by atoms with Gasteiger partial charge in [0.05, 0.1) is 11.0 Å². The third-order valence-electron chi connectivity index (χ3n) is 11.7. The van der Waals surface area contributed by atoms with Crippen molar-refractivity contribution >= 4 is 22.3 Å². The maximum absolute atomic E-state index is 4.54. The summed E-state index contributed by atoms with van der Waals surface area (Å²) in [6.07, 6.45) is 9.54. The Balaban J connectivity index is 1.18. The summed E-state index contributed by atoms with van der Waals surface area (Å²) < 4.78 is 4.85. The fraction of sp³-hybridized carbons (Fsp3) is 0.0769. The van der Waals surface area contributed by atoms with E-state index in [0.717, 1.165) is 23.2 Å². The number of nitrogens with one attached hydrogen (secondary N) is 1. The number of para-hydroxylation sites is 2. The number of benzene rings is 7. The molecule has 3 unspecified atom stereocenters. The predicted molar refractivity (Wildman–Crippen MR) is 229 cm³/mol. The molecule has 1 aliphatic carbocycles. The zero-order valence-electron chi connectivity index (χ0n) is 30.6. The highest BCUT2D eigenvalue weighted by atomic mass is 15.6. The highest BCUT2D eigenvalue weighted by Crippen LogP contribution is 2.50. The second-order valence-electron chi connectivity index (χ2n) is 14.7. The fourth-order valence-corrected chi connectivity index (χ4v) is 9.00. The summed E-state index contributed by atoms with van der Waals surface area (Å²) in [4.78, 5) is 0. The molecule has 264 valence electrons. The lowest BCUT2D eigenvalue weighted by molar-refractivity contribution is 0.191. The molecular weight excluding hydrogens is 667 g/mol. The molecule has 3 atom stereocenters. The number of rotatable bonds is 7. The molecule has 0 amide bonds. The molecule has 8 aromatic rings. The van der Waals surface area contributed by atoms with Gasteiger partial charge in [0.25, 0.3) is 0 Å². The summed E-state index contributed by atoms with van der Waals surface area (Å²) >= 11 is 0. The first-order valence-corrected chi connectivity index (χ1v) is 19.2. The third kappa shape index (κ3) is 5.42. The Hall–Kier alpha value is -6.84. The lowest BCUT2D eigenvalue weighted by Gasteiger charge is -2.50. The van der Waals surface area contributed by atoms with Crippen molar-refractivity contribution in [1.82, 2.24) is 9.36 Å². The predicted octanol–water partition coefficient (Wildman–Crippen LogP) is 12.9. The zero-order valence-corrected chi connectivity index (χ0v) is 30.6. The maximum Gasteiger partial charge on any atom is 0.146 e. The van der Waals surface area contributed by atoms with Crippen LogP contribution in [0.25, 0.3) is 38.9 Å². The van der Waals surface area contributed by atoms with Crippen molar-refractivity contribution in [3.63, 3.8) is 0 Å². The molecule has 0 fully saturated rings.